The van der Waals surface area contributed by atoms with Crippen molar-refractivity contribution in [2.45, 2.75) is 32.7 Å². The molecule has 0 aliphatic carbocycles. The molecule has 0 aliphatic heterocycles. The number of nitrogens with one attached hydrogen (secondary N) is 2. The molecule has 1 rings (SSSR count). The second-order valence-corrected chi connectivity index (χ2v) is 5.00. The Balaban J connectivity index is 2.33. The highest BCUT2D eigenvalue weighted by Gasteiger charge is 2.05. The fourth-order valence-corrected chi connectivity index (χ4v) is 1.67. The van der Waals surface area contributed by atoms with Gasteiger partial charge in [0.15, 0.2) is 0 Å². The lowest BCUT2D eigenvalue weighted by Crippen LogP contribution is -2.32. The van der Waals surface area contributed by atoms with Gasteiger partial charge in [-0.25, -0.2) is 0 Å². The van der Waals surface area contributed by atoms with E-state index in [1.165, 1.54) is 0 Å². The molecule has 18 heavy (non-hydrogen) atoms. The lowest BCUT2D eigenvalue weighted by atomic mass is 10.2. The molecule has 0 aromatic heterocycles. The number of carbonyl (C=O) groups is 1. The van der Waals surface area contributed by atoms with Crippen LogP contribution in [0.3, 0.4) is 0 Å². The highest BCUT2D eigenvalue weighted by molar-refractivity contribution is 6.42. The van der Waals surface area contributed by atoms with Crippen LogP contribution in [0, 0.1) is 0 Å². The Morgan fingerprint density at radius 2 is 2.06 bits per heavy atom. The third kappa shape index (κ3) is 5.15. The molecular formula is C13H18Cl2N2O. The average Bonchev–Trinajstić information content (AvgIpc) is 2.33. The summed E-state index contributed by atoms with van der Waals surface area (Å²) in [6.07, 6.45) is 1.37. The van der Waals surface area contributed by atoms with E-state index in [4.69, 9.17) is 23.2 Å². The number of hydrogen-bond donors (Lipinski definition) is 2. The van der Waals surface area contributed by atoms with E-state index in [1.54, 1.807) is 12.1 Å². The van der Waals surface area contributed by atoms with Crippen molar-refractivity contribution >= 4 is 34.8 Å². The molecule has 1 amide bonds. The summed E-state index contributed by atoms with van der Waals surface area (Å²) in [6, 6.07) is 5.53. The molecular weight excluding hydrogens is 271 g/mol. The van der Waals surface area contributed by atoms with Gasteiger partial charge >= 0.3 is 0 Å². The first-order valence-electron chi connectivity index (χ1n) is 6.01. The lowest BCUT2D eigenvalue weighted by Gasteiger charge is -2.12. The largest absolute Gasteiger partial charge is 0.384 e. The zero-order valence-electron chi connectivity index (χ0n) is 10.6. The fraction of sp³-hybridized carbons (Fsp3) is 0.462. The van der Waals surface area contributed by atoms with Crippen molar-refractivity contribution in [3.63, 3.8) is 0 Å². The second-order valence-electron chi connectivity index (χ2n) is 4.18. The van der Waals surface area contributed by atoms with Crippen molar-refractivity contribution in [3.8, 4) is 0 Å². The first-order chi connectivity index (χ1) is 8.52. The number of anilines is 1. The molecule has 100 valence electrons. The Labute approximate surface area is 118 Å². The molecule has 0 saturated heterocycles. The zero-order chi connectivity index (χ0) is 13.5. The summed E-state index contributed by atoms with van der Waals surface area (Å²) in [5, 5.41) is 7.07. The lowest BCUT2D eigenvalue weighted by molar-refractivity contribution is -0.121. The molecule has 2 N–H and O–H groups in total. The topological polar surface area (TPSA) is 41.1 Å². The van der Waals surface area contributed by atoms with Crippen LogP contribution in [0.15, 0.2) is 18.2 Å². The minimum atomic E-state index is 0.0527. The normalized spacial score (nSPS) is 12.0. The Bertz CT molecular complexity index is 410. The predicted octanol–water partition coefficient (Wildman–Crippen LogP) is 3.71. The van der Waals surface area contributed by atoms with Gasteiger partial charge in [0.05, 0.1) is 10.0 Å². The number of rotatable bonds is 6. The van der Waals surface area contributed by atoms with Crippen LogP contribution < -0.4 is 10.6 Å². The molecule has 1 atom stereocenters. The van der Waals surface area contributed by atoms with Crippen LogP contribution in [0.1, 0.15) is 26.7 Å². The number of hydrogen-bond acceptors (Lipinski definition) is 2. The summed E-state index contributed by atoms with van der Waals surface area (Å²) in [5.41, 5.74) is 0.862. The second kappa shape index (κ2) is 7.49. The molecule has 0 fully saturated rings. The van der Waals surface area contributed by atoms with Gasteiger partial charge in [0, 0.05) is 24.7 Å². The Morgan fingerprint density at radius 1 is 1.33 bits per heavy atom. The van der Waals surface area contributed by atoms with Gasteiger partial charge in [-0.1, -0.05) is 30.1 Å². The van der Waals surface area contributed by atoms with Gasteiger partial charge in [-0.15, -0.1) is 0 Å². The van der Waals surface area contributed by atoms with Crippen molar-refractivity contribution in [2.24, 2.45) is 0 Å². The van der Waals surface area contributed by atoms with Crippen LogP contribution in [0.25, 0.3) is 0 Å². The van der Waals surface area contributed by atoms with E-state index < -0.39 is 0 Å². The van der Waals surface area contributed by atoms with Crippen molar-refractivity contribution in [1.82, 2.24) is 5.32 Å². The molecule has 0 spiro atoms. The maximum atomic E-state index is 11.5. The summed E-state index contributed by atoms with van der Waals surface area (Å²) < 4.78 is 0. The molecule has 0 aliphatic rings. The Morgan fingerprint density at radius 3 is 2.67 bits per heavy atom. The summed E-state index contributed by atoms with van der Waals surface area (Å²) in [4.78, 5) is 11.5. The smallest absolute Gasteiger partial charge is 0.221 e. The van der Waals surface area contributed by atoms with Crippen LogP contribution in [-0.4, -0.2) is 18.5 Å². The van der Waals surface area contributed by atoms with Crippen molar-refractivity contribution < 1.29 is 4.79 Å². The van der Waals surface area contributed by atoms with Gasteiger partial charge in [0.2, 0.25) is 5.91 Å². The zero-order valence-corrected chi connectivity index (χ0v) is 12.1. The van der Waals surface area contributed by atoms with Crippen LogP contribution in [0.4, 0.5) is 5.69 Å². The third-order valence-corrected chi connectivity index (χ3v) is 3.36. The molecule has 0 saturated carbocycles. The van der Waals surface area contributed by atoms with Crippen LogP contribution in [0.2, 0.25) is 10.0 Å². The van der Waals surface area contributed by atoms with Gasteiger partial charge in [-0.2, -0.15) is 0 Å². The van der Waals surface area contributed by atoms with E-state index in [1.807, 2.05) is 19.9 Å². The monoisotopic (exact) mass is 288 g/mol. The first kappa shape index (κ1) is 15.1. The molecule has 3 nitrogen and oxygen atoms in total. The van der Waals surface area contributed by atoms with E-state index >= 15 is 0 Å². The average molecular weight is 289 g/mol. The summed E-state index contributed by atoms with van der Waals surface area (Å²) in [7, 11) is 0. The SMILES string of the molecule is CCC(C)NC(=O)CCNc1ccc(Cl)c(Cl)c1. The Hall–Kier alpha value is -0.930. The fourth-order valence-electron chi connectivity index (χ4n) is 1.38. The summed E-state index contributed by atoms with van der Waals surface area (Å²) in [5.74, 6) is 0.0527. The molecule has 0 heterocycles. The first-order valence-corrected chi connectivity index (χ1v) is 6.76. The van der Waals surface area contributed by atoms with Gasteiger partial charge in [0.1, 0.15) is 0 Å². The summed E-state index contributed by atoms with van der Waals surface area (Å²) >= 11 is 11.7. The van der Waals surface area contributed by atoms with Crippen molar-refractivity contribution in [3.05, 3.63) is 28.2 Å². The highest BCUT2D eigenvalue weighted by Crippen LogP contribution is 2.24. The van der Waals surface area contributed by atoms with Crippen molar-refractivity contribution in [2.75, 3.05) is 11.9 Å². The molecule has 5 heteroatoms. The van der Waals surface area contributed by atoms with E-state index in [2.05, 4.69) is 10.6 Å². The number of carbonyl (C=O) groups excluding carboxylic acids is 1. The van der Waals surface area contributed by atoms with Gasteiger partial charge in [-0.05, 0) is 31.5 Å². The van der Waals surface area contributed by atoms with E-state index in [0.29, 0.717) is 23.0 Å². The number of benzene rings is 1. The van der Waals surface area contributed by atoms with Crippen molar-refractivity contribution in [1.29, 1.82) is 0 Å². The minimum Gasteiger partial charge on any atom is -0.384 e. The predicted molar refractivity (Wildman–Crippen MR) is 77.5 cm³/mol. The van der Waals surface area contributed by atoms with Gasteiger partial charge in [0.25, 0.3) is 0 Å². The van der Waals surface area contributed by atoms with Crippen LogP contribution in [0.5, 0.6) is 0 Å². The molecule has 1 aromatic carbocycles. The number of halogens is 2. The Kier molecular flexibility index (Phi) is 6.30. The van der Waals surface area contributed by atoms with Crippen LogP contribution in [-0.2, 0) is 4.79 Å². The van der Waals surface area contributed by atoms with Crippen LogP contribution >= 0.6 is 23.2 Å². The summed E-state index contributed by atoms with van der Waals surface area (Å²) in [6.45, 7) is 4.60. The molecule has 0 bridgehead atoms. The number of amides is 1. The maximum Gasteiger partial charge on any atom is 0.221 e. The van der Waals surface area contributed by atoms with Gasteiger partial charge < -0.3 is 10.6 Å². The van der Waals surface area contributed by atoms with E-state index in [-0.39, 0.29) is 11.9 Å². The molecule has 1 aromatic rings. The standard InChI is InChI=1S/C13H18Cl2N2O/c1-3-9(2)17-13(18)6-7-16-10-4-5-11(14)12(15)8-10/h4-5,8-9,16H,3,6-7H2,1-2H3,(H,17,18). The minimum absolute atomic E-state index is 0.0527. The third-order valence-electron chi connectivity index (χ3n) is 2.62. The van der Waals surface area contributed by atoms with E-state index in [0.717, 1.165) is 12.1 Å². The van der Waals surface area contributed by atoms with Gasteiger partial charge in [-0.3, -0.25) is 4.79 Å². The quantitative estimate of drug-likeness (QED) is 0.838. The molecule has 1 unspecified atom stereocenters. The van der Waals surface area contributed by atoms with E-state index in [9.17, 15) is 4.79 Å². The highest BCUT2D eigenvalue weighted by atomic mass is 35.5. The maximum absolute atomic E-state index is 11.5. The molecule has 0 radical (unpaired) electrons.